The maximum absolute atomic E-state index is 5.20. The molecule has 0 atom stereocenters. The summed E-state index contributed by atoms with van der Waals surface area (Å²) in [4.78, 5) is 1.90. The zero-order chi connectivity index (χ0) is 7.44. The molecule has 0 aromatic rings. The summed E-state index contributed by atoms with van der Waals surface area (Å²) in [6.07, 6.45) is 5.20. The van der Waals surface area contributed by atoms with Crippen molar-refractivity contribution < 1.29 is 4.58 Å². The Bertz CT molecular complexity index is 156. The molecular formula is C7H13N2+. The van der Waals surface area contributed by atoms with Gasteiger partial charge in [-0.25, -0.2) is 0 Å². The fourth-order valence-corrected chi connectivity index (χ4v) is 0.658. The van der Waals surface area contributed by atoms with E-state index in [4.69, 9.17) is 6.42 Å². The Morgan fingerprint density at radius 3 is 1.89 bits per heavy atom. The highest BCUT2D eigenvalue weighted by molar-refractivity contribution is 5.93. The first-order chi connectivity index (χ1) is 4.09. The molecule has 0 N–H and O–H groups in total. The van der Waals surface area contributed by atoms with Crippen molar-refractivity contribution in [2.24, 2.45) is 0 Å². The highest BCUT2D eigenvalue weighted by atomic mass is 15.2. The summed E-state index contributed by atoms with van der Waals surface area (Å²) in [6.45, 7) is 0. The van der Waals surface area contributed by atoms with Crippen molar-refractivity contribution in [1.82, 2.24) is 4.90 Å². The van der Waals surface area contributed by atoms with Gasteiger partial charge in [-0.15, -0.1) is 6.42 Å². The maximum atomic E-state index is 5.20. The standard InChI is InChI=1S/C7H13N2/c1-6-7(8(2)3)9(4)5/h1H,2-5H3/q+1. The highest BCUT2D eigenvalue weighted by Crippen LogP contribution is 1.77. The lowest BCUT2D eigenvalue weighted by Crippen LogP contribution is -2.27. The average Bonchev–Trinajstić information content (AvgIpc) is 1.64. The van der Waals surface area contributed by atoms with Gasteiger partial charge in [0.15, 0.2) is 0 Å². The van der Waals surface area contributed by atoms with Gasteiger partial charge in [0, 0.05) is 5.92 Å². The van der Waals surface area contributed by atoms with Crippen LogP contribution in [0.15, 0.2) is 0 Å². The van der Waals surface area contributed by atoms with E-state index in [1.165, 1.54) is 0 Å². The third-order valence-electron chi connectivity index (χ3n) is 0.976. The van der Waals surface area contributed by atoms with Crippen molar-refractivity contribution in [2.75, 3.05) is 28.2 Å². The van der Waals surface area contributed by atoms with E-state index < -0.39 is 0 Å². The molecule has 0 aromatic carbocycles. The smallest absolute Gasteiger partial charge is 0.260 e. The predicted molar refractivity (Wildman–Crippen MR) is 39.6 cm³/mol. The van der Waals surface area contributed by atoms with E-state index >= 15 is 0 Å². The first-order valence-corrected chi connectivity index (χ1v) is 2.77. The topological polar surface area (TPSA) is 6.25 Å². The van der Waals surface area contributed by atoms with E-state index in [0.29, 0.717) is 0 Å². The maximum Gasteiger partial charge on any atom is 0.324 e. The fourth-order valence-electron chi connectivity index (χ4n) is 0.658. The molecule has 0 bridgehead atoms. The van der Waals surface area contributed by atoms with Gasteiger partial charge in [-0.1, -0.05) is 0 Å². The van der Waals surface area contributed by atoms with Crippen molar-refractivity contribution in [2.45, 2.75) is 0 Å². The number of hydrogen-bond acceptors (Lipinski definition) is 0. The normalized spacial score (nSPS) is 7.89. The van der Waals surface area contributed by atoms with Crippen LogP contribution in [0.25, 0.3) is 0 Å². The first-order valence-electron chi connectivity index (χ1n) is 2.77. The highest BCUT2D eigenvalue weighted by Gasteiger charge is 2.04. The average molecular weight is 125 g/mol. The second-order valence-corrected chi connectivity index (χ2v) is 2.26. The lowest BCUT2D eigenvalue weighted by molar-refractivity contribution is -0.468. The van der Waals surface area contributed by atoms with E-state index in [0.717, 1.165) is 5.84 Å². The van der Waals surface area contributed by atoms with Crippen molar-refractivity contribution in [1.29, 1.82) is 0 Å². The van der Waals surface area contributed by atoms with Gasteiger partial charge in [0.25, 0.3) is 0 Å². The van der Waals surface area contributed by atoms with Crippen LogP contribution in [0.3, 0.4) is 0 Å². The largest absolute Gasteiger partial charge is 0.324 e. The van der Waals surface area contributed by atoms with Crippen LogP contribution in [-0.2, 0) is 0 Å². The van der Waals surface area contributed by atoms with Gasteiger partial charge in [-0.05, 0) is 0 Å². The van der Waals surface area contributed by atoms with E-state index in [1.807, 2.05) is 37.7 Å². The number of rotatable bonds is 0. The molecular weight excluding hydrogens is 112 g/mol. The molecule has 9 heavy (non-hydrogen) atoms. The van der Waals surface area contributed by atoms with E-state index in [-0.39, 0.29) is 0 Å². The summed E-state index contributed by atoms with van der Waals surface area (Å²) in [5.41, 5.74) is 0. The summed E-state index contributed by atoms with van der Waals surface area (Å²) in [6, 6.07) is 0. The molecule has 2 nitrogen and oxygen atoms in total. The quantitative estimate of drug-likeness (QED) is 0.189. The van der Waals surface area contributed by atoms with Crippen LogP contribution in [0.5, 0.6) is 0 Å². The Balaban J connectivity index is 4.41. The molecule has 0 aliphatic carbocycles. The fraction of sp³-hybridized carbons (Fsp3) is 0.571. The molecule has 0 aliphatic rings. The summed E-state index contributed by atoms with van der Waals surface area (Å²) in [5, 5.41) is 0. The van der Waals surface area contributed by atoms with Crippen molar-refractivity contribution in [3.05, 3.63) is 0 Å². The Hall–Kier alpha value is -0.970. The van der Waals surface area contributed by atoms with Crippen LogP contribution in [0.1, 0.15) is 0 Å². The monoisotopic (exact) mass is 125 g/mol. The zero-order valence-electron chi connectivity index (χ0n) is 6.47. The van der Waals surface area contributed by atoms with Crippen LogP contribution in [0.4, 0.5) is 0 Å². The van der Waals surface area contributed by atoms with Crippen molar-refractivity contribution in [3.8, 4) is 12.3 Å². The summed E-state index contributed by atoms with van der Waals surface area (Å²) >= 11 is 0. The van der Waals surface area contributed by atoms with Crippen molar-refractivity contribution in [3.63, 3.8) is 0 Å². The molecule has 2 heteroatoms. The lowest BCUT2D eigenvalue weighted by Gasteiger charge is -2.03. The third-order valence-corrected chi connectivity index (χ3v) is 0.976. The van der Waals surface area contributed by atoms with E-state index in [2.05, 4.69) is 5.92 Å². The summed E-state index contributed by atoms with van der Waals surface area (Å²) < 4.78 is 1.90. The molecule has 50 valence electrons. The molecule has 0 amide bonds. The Morgan fingerprint density at radius 2 is 1.89 bits per heavy atom. The number of amidine groups is 1. The lowest BCUT2D eigenvalue weighted by atomic mass is 10.5. The van der Waals surface area contributed by atoms with Gasteiger partial charge < -0.3 is 0 Å². The second kappa shape index (κ2) is 3.13. The Kier molecular flexibility index (Phi) is 2.80. The third kappa shape index (κ3) is 2.18. The van der Waals surface area contributed by atoms with Gasteiger partial charge in [0.2, 0.25) is 0 Å². The van der Waals surface area contributed by atoms with E-state index in [1.54, 1.807) is 0 Å². The predicted octanol–water partition coefficient (Wildman–Crippen LogP) is -0.148. The van der Waals surface area contributed by atoms with Gasteiger partial charge in [0.05, 0.1) is 28.2 Å². The van der Waals surface area contributed by atoms with Crippen LogP contribution < -0.4 is 0 Å². The Labute approximate surface area is 56.8 Å². The zero-order valence-corrected chi connectivity index (χ0v) is 6.47. The minimum Gasteiger partial charge on any atom is -0.260 e. The van der Waals surface area contributed by atoms with Crippen LogP contribution in [0.2, 0.25) is 0 Å². The van der Waals surface area contributed by atoms with Gasteiger partial charge in [0.1, 0.15) is 0 Å². The van der Waals surface area contributed by atoms with Gasteiger partial charge in [-0.3, -0.25) is 9.48 Å². The van der Waals surface area contributed by atoms with Crippen molar-refractivity contribution >= 4 is 5.84 Å². The minimum atomic E-state index is 0.884. The molecule has 0 radical (unpaired) electrons. The van der Waals surface area contributed by atoms with Crippen LogP contribution in [-0.4, -0.2) is 43.5 Å². The Morgan fingerprint density at radius 1 is 1.44 bits per heavy atom. The summed E-state index contributed by atoms with van der Waals surface area (Å²) in [5.74, 6) is 3.45. The molecule has 0 aliphatic heterocycles. The SMILES string of the molecule is C#CC(N(C)C)=[N+](C)C. The molecule has 0 spiro atoms. The summed E-state index contributed by atoms with van der Waals surface area (Å²) in [7, 11) is 7.70. The first kappa shape index (κ1) is 8.03. The second-order valence-electron chi connectivity index (χ2n) is 2.26. The molecule has 0 aromatic heterocycles. The number of terminal acetylenes is 1. The molecule has 0 saturated carbocycles. The molecule has 0 saturated heterocycles. The van der Waals surface area contributed by atoms with Crippen LogP contribution >= 0.6 is 0 Å². The molecule has 0 rings (SSSR count). The van der Waals surface area contributed by atoms with Gasteiger partial charge in [-0.2, -0.15) is 0 Å². The van der Waals surface area contributed by atoms with Crippen LogP contribution in [0, 0.1) is 12.3 Å². The molecule has 0 unspecified atom stereocenters. The number of nitrogens with zero attached hydrogens (tertiary/aromatic N) is 2. The van der Waals surface area contributed by atoms with Gasteiger partial charge >= 0.3 is 5.84 Å². The molecule has 0 heterocycles. The number of hydrogen-bond donors (Lipinski definition) is 0. The van der Waals surface area contributed by atoms with E-state index in [9.17, 15) is 0 Å². The minimum absolute atomic E-state index is 0.884. The molecule has 0 fully saturated rings.